The third kappa shape index (κ3) is 4.47. The first-order chi connectivity index (χ1) is 9.22. The molecule has 4 nitrogen and oxygen atoms in total. The fraction of sp³-hybridized carbons (Fsp3) is 0.333. The van der Waals surface area contributed by atoms with E-state index in [2.05, 4.69) is 0 Å². The van der Waals surface area contributed by atoms with Gasteiger partial charge in [0.2, 0.25) is 0 Å². The van der Waals surface area contributed by atoms with Crippen LogP contribution in [0.5, 0.6) is 5.75 Å². The van der Waals surface area contributed by atoms with Crippen molar-refractivity contribution < 1.29 is 14.3 Å². The number of carbonyl (C=O) groups is 1. The molecule has 0 unspecified atom stereocenters. The number of rotatable bonds is 6. The second kappa shape index (κ2) is 7.93. The molecule has 1 rings (SSSR count). The highest BCUT2D eigenvalue weighted by molar-refractivity contribution is 5.98. The zero-order valence-corrected chi connectivity index (χ0v) is 11.2. The van der Waals surface area contributed by atoms with E-state index in [-0.39, 0.29) is 5.57 Å². The first-order valence-electron chi connectivity index (χ1n) is 6.23. The fourth-order valence-electron chi connectivity index (χ4n) is 1.45. The van der Waals surface area contributed by atoms with Gasteiger partial charge in [-0.1, -0.05) is 25.1 Å². The fourth-order valence-corrected chi connectivity index (χ4v) is 1.45. The van der Waals surface area contributed by atoms with Gasteiger partial charge in [0.05, 0.1) is 13.2 Å². The Bertz CT molecular complexity index is 500. The summed E-state index contributed by atoms with van der Waals surface area (Å²) >= 11 is 0. The molecule has 1 aromatic rings. The van der Waals surface area contributed by atoms with Crippen molar-refractivity contribution in [1.29, 1.82) is 5.26 Å². The van der Waals surface area contributed by atoms with Crippen LogP contribution in [0.4, 0.5) is 0 Å². The second-order valence-electron chi connectivity index (χ2n) is 3.78. The number of nitriles is 1. The molecule has 0 aliphatic rings. The number of nitrogens with zero attached hydrogens (tertiary/aromatic N) is 1. The molecule has 0 fully saturated rings. The molecule has 0 radical (unpaired) electrons. The number of ether oxygens (including phenoxy) is 2. The Hall–Kier alpha value is -2.28. The van der Waals surface area contributed by atoms with E-state index >= 15 is 0 Å². The van der Waals surface area contributed by atoms with Crippen LogP contribution in [0.2, 0.25) is 0 Å². The monoisotopic (exact) mass is 259 g/mol. The van der Waals surface area contributed by atoms with E-state index in [1.54, 1.807) is 12.1 Å². The Balaban J connectivity index is 2.98. The molecule has 0 saturated carbocycles. The Labute approximate surface area is 113 Å². The average molecular weight is 259 g/mol. The summed E-state index contributed by atoms with van der Waals surface area (Å²) in [7, 11) is 0. The smallest absolute Gasteiger partial charge is 0.348 e. The molecule has 4 heteroatoms. The van der Waals surface area contributed by atoms with Crippen LogP contribution in [0.1, 0.15) is 25.8 Å². The van der Waals surface area contributed by atoms with E-state index < -0.39 is 5.97 Å². The third-order valence-electron chi connectivity index (χ3n) is 2.30. The van der Waals surface area contributed by atoms with Crippen molar-refractivity contribution in [2.75, 3.05) is 13.2 Å². The molecule has 0 atom stereocenters. The molecular formula is C15H17NO3. The van der Waals surface area contributed by atoms with Crippen LogP contribution >= 0.6 is 0 Å². The van der Waals surface area contributed by atoms with Crippen LogP contribution in [-0.2, 0) is 9.53 Å². The average Bonchev–Trinajstić information content (AvgIpc) is 2.44. The van der Waals surface area contributed by atoms with Gasteiger partial charge in [0, 0.05) is 5.56 Å². The van der Waals surface area contributed by atoms with Gasteiger partial charge in [-0.3, -0.25) is 0 Å². The van der Waals surface area contributed by atoms with Crippen molar-refractivity contribution in [1.82, 2.24) is 0 Å². The molecular weight excluding hydrogens is 242 g/mol. The largest absolute Gasteiger partial charge is 0.493 e. The summed E-state index contributed by atoms with van der Waals surface area (Å²) in [5.74, 6) is 0.0386. The maximum atomic E-state index is 11.7. The Morgan fingerprint density at radius 1 is 1.37 bits per heavy atom. The molecule has 0 spiro atoms. The predicted molar refractivity (Wildman–Crippen MR) is 72.5 cm³/mol. The summed E-state index contributed by atoms with van der Waals surface area (Å²) in [6.45, 7) is 4.60. The van der Waals surface area contributed by atoms with Gasteiger partial charge < -0.3 is 9.47 Å². The molecule has 100 valence electrons. The van der Waals surface area contributed by atoms with Crippen molar-refractivity contribution in [3.63, 3.8) is 0 Å². The quantitative estimate of drug-likeness (QED) is 0.447. The van der Waals surface area contributed by atoms with E-state index in [1.165, 1.54) is 6.08 Å². The minimum atomic E-state index is -0.601. The third-order valence-corrected chi connectivity index (χ3v) is 2.30. The lowest BCUT2D eigenvalue weighted by Gasteiger charge is -2.07. The molecule has 1 aromatic carbocycles. The van der Waals surface area contributed by atoms with Crippen molar-refractivity contribution in [3.05, 3.63) is 35.4 Å². The summed E-state index contributed by atoms with van der Waals surface area (Å²) in [5, 5.41) is 9.02. The lowest BCUT2D eigenvalue weighted by molar-refractivity contribution is -0.138. The van der Waals surface area contributed by atoms with Gasteiger partial charge in [0.1, 0.15) is 17.4 Å². The van der Waals surface area contributed by atoms with Crippen LogP contribution in [-0.4, -0.2) is 19.2 Å². The van der Waals surface area contributed by atoms with Crippen LogP contribution < -0.4 is 4.74 Å². The Morgan fingerprint density at radius 3 is 2.74 bits per heavy atom. The van der Waals surface area contributed by atoms with Gasteiger partial charge in [-0.25, -0.2) is 4.79 Å². The number of para-hydroxylation sites is 1. The first kappa shape index (κ1) is 14.8. The second-order valence-corrected chi connectivity index (χ2v) is 3.78. The zero-order valence-electron chi connectivity index (χ0n) is 11.2. The van der Waals surface area contributed by atoms with Gasteiger partial charge in [-0.15, -0.1) is 0 Å². The summed E-state index contributed by atoms with van der Waals surface area (Å²) < 4.78 is 10.4. The van der Waals surface area contributed by atoms with Gasteiger partial charge in [0.15, 0.2) is 0 Å². The number of hydrogen-bond acceptors (Lipinski definition) is 4. The topological polar surface area (TPSA) is 59.3 Å². The number of hydrogen-bond donors (Lipinski definition) is 0. The van der Waals surface area contributed by atoms with Gasteiger partial charge in [-0.05, 0) is 25.5 Å². The number of carbonyl (C=O) groups excluding carboxylic acids is 1. The summed E-state index contributed by atoms with van der Waals surface area (Å²) in [6, 6.07) is 9.10. The van der Waals surface area contributed by atoms with Crippen LogP contribution in [0.3, 0.4) is 0 Å². The molecule has 0 saturated heterocycles. The Morgan fingerprint density at radius 2 is 2.11 bits per heavy atom. The van der Waals surface area contributed by atoms with Crippen LogP contribution in [0.25, 0.3) is 6.08 Å². The minimum absolute atomic E-state index is 0.0272. The molecule has 0 N–H and O–H groups in total. The highest BCUT2D eigenvalue weighted by atomic mass is 16.5. The van der Waals surface area contributed by atoms with Gasteiger partial charge >= 0.3 is 5.97 Å². The molecule has 0 aromatic heterocycles. The lowest BCUT2D eigenvalue weighted by atomic mass is 10.1. The highest BCUT2D eigenvalue weighted by Gasteiger charge is 2.11. The standard InChI is InChI=1S/C15H17NO3/c1-3-9-19-15(17)13(11-16)10-12-7-5-6-8-14(12)18-4-2/h5-8,10H,3-4,9H2,1-2H3. The number of esters is 1. The van der Waals surface area contributed by atoms with E-state index in [0.717, 1.165) is 6.42 Å². The van der Waals surface area contributed by atoms with Crippen molar-refractivity contribution in [2.24, 2.45) is 0 Å². The normalized spacial score (nSPS) is 10.7. The minimum Gasteiger partial charge on any atom is -0.493 e. The lowest BCUT2D eigenvalue weighted by Crippen LogP contribution is -2.07. The highest BCUT2D eigenvalue weighted by Crippen LogP contribution is 2.21. The van der Waals surface area contributed by atoms with Gasteiger partial charge in [-0.2, -0.15) is 5.26 Å². The molecule has 0 heterocycles. The molecule has 0 bridgehead atoms. The van der Waals surface area contributed by atoms with E-state index in [9.17, 15) is 4.79 Å². The number of benzene rings is 1. The first-order valence-corrected chi connectivity index (χ1v) is 6.23. The van der Waals surface area contributed by atoms with Crippen molar-refractivity contribution >= 4 is 12.0 Å². The van der Waals surface area contributed by atoms with Gasteiger partial charge in [0.25, 0.3) is 0 Å². The zero-order chi connectivity index (χ0) is 14.1. The molecule has 0 aliphatic heterocycles. The maximum absolute atomic E-state index is 11.7. The maximum Gasteiger partial charge on any atom is 0.348 e. The summed E-state index contributed by atoms with van der Waals surface area (Å²) in [5.41, 5.74) is 0.662. The van der Waals surface area contributed by atoms with E-state index in [4.69, 9.17) is 14.7 Å². The van der Waals surface area contributed by atoms with Crippen LogP contribution in [0.15, 0.2) is 29.8 Å². The van der Waals surface area contributed by atoms with Crippen molar-refractivity contribution in [2.45, 2.75) is 20.3 Å². The predicted octanol–water partition coefficient (Wildman–Crippen LogP) is 2.95. The SMILES string of the molecule is CCCOC(=O)C(C#N)=Cc1ccccc1OCC. The molecule has 0 aliphatic carbocycles. The molecule has 19 heavy (non-hydrogen) atoms. The van der Waals surface area contributed by atoms with Crippen LogP contribution in [0, 0.1) is 11.3 Å². The summed E-state index contributed by atoms with van der Waals surface area (Å²) in [4.78, 5) is 11.7. The Kier molecular flexibility index (Phi) is 6.17. The van der Waals surface area contributed by atoms with E-state index in [0.29, 0.717) is 24.5 Å². The van der Waals surface area contributed by atoms with E-state index in [1.807, 2.05) is 32.0 Å². The van der Waals surface area contributed by atoms with Crippen molar-refractivity contribution in [3.8, 4) is 11.8 Å². The molecule has 0 amide bonds. The summed E-state index contributed by atoms with van der Waals surface area (Å²) in [6.07, 6.45) is 2.21.